The third-order valence-electron chi connectivity index (χ3n) is 5.03. The molecule has 0 aromatic heterocycles. The molecule has 0 saturated carbocycles. The van der Waals surface area contributed by atoms with Gasteiger partial charge < -0.3 is 4.74 Å². The van der Waals surface area contributed by atoms with E-state index in [2.05, 4.69) is 13.8 Å². The number of carbonyl (C=O) groups excluding carboxylic acids is 1. The van der Waals surface area contributed by atoms with Crippen LogP contribution in [0.15, 0.2) is 0 Å². The van der Waals surface area contributed by atoms with Gasteiger partial charge in [0, 0.05) is 6.42 Å². The molecule has 0 fully saturated rings. The van der Waals surface area contributed by atoms with Gasteiger partial charge in [0.05, 0.1) is 6.10 Å². The van der Waals surface area contributed by atoms with E-state index >= 15 is 0 Å². The first kappa shape index (κ1) is 24.5. The fraction of sp³-hybridized carbons (Fsp3) is 0.957. The molecule has 0 aromatic rings. The predicted molar refractivity (Wildman–Crippen MR) is 110 cm³/mol. The van der Waals surface area contributed by atoms with E-state index in [-0.39, 0.29) is 12.1 Å². The molecule has 2 nitrogen and oxygen atoms in total. The van der Waals surface area contributed by atoms with Crippen LogP contribution in [0, 0.1) is 0 Å². The van der Waals surface area contributed by atoms with E-state index in [1.165, 1.54) is 89.9 Å². The number of rotatable bonds is 19. The van der Waals surface area contributed by atoms with Crippen LogP contribution in [-0.2, 0) is 9.53 Å². The molecule has 0 aliphatic carbocycles. The zero-order chi connectivity index (χ0) is 18.6. The second-order valence-corrected chi connectivity index (χ2v) is 7.79. The summed E-state index contributed by atoms with van der Waals surface area (Å²) < 4.78 is 5.43. The lowest BCUT2D eigenvalue weighted by molar-refractivity contribution is -0.148. The molecule has 0 aliphatic rings. The van der Waals surface area contributed by atoms with Gasteiger partial charge in [-0.2, -0.15) is 0 Å². The summed E-state index contributed by atoms with van der Waals surface area (Å²) in [5, 5.41) is 0. The largest absolute Gasteiger partial charge is 0.463 e. The Labute approximate surface area is 158 Å². The van der Waals surface area contributed by atoms with Gasteiger partial charge in [0.15, 0.2) is 0 Å². The molecule has 150 valence electrons. The molecular weight excluding hydrogens is 308 g/mol. The van der Waals surface area contributed by atoms with Crippen LogP contribution in [0.5, 0.6) is 0 Å². The highest BCUT2D eigenvalue weighted by Gasteiger charge is 2.08. The number of unbranched alkanes of at least 4 members (excludes halogenated alkanes) is 14. The lowest BCUT2D eigenvalue weighted by atomic mass is 10.0. The molecule has 25 heavy (non-hydrogen) atoms. The van der Waals surface area contributed by atoms with Gasteiger partial charge in [-0.3, -0.25) is 4.79 Å². The number of carbonyl (C=O) groups is 1. The van der Waals surface area contributed by atoms with Gasteiger partial charge in [0.1, 0.15) is 0 Å². The van der Waals surface area contributed by atoms with Crippen LogP contribution in [0.1, 0.15) is 136 Å². The standard InChI is InChI=1S/C23H46O2/c1-4-6-8-9-10-11-12-13-14-15-16-17-18-19-21-23(24)25-22(3)20-7-5-2/h22H,4-21H2,1-3H3. The minimum absolute atomic E-state index is 0.00235. The molecule has 1 unspecified atom stereocenters. The van der Waals surface area contributed by atoms with E-state index in [9.17, 15) is 4.79 Å². The Kier molecular flexibility index (Phi) is 19.4. The normalized spacial score (nSPS) is 12.3. The average Bonchev–Trinajstić information content (AvgIpc) is 2.60. The highest BCUT2D eigenvalue weighted by molar-refractivity contribution is 5.69. The Morgan fingerprint density at radius 1 is 0.640 bits per heavy atom. The van der Waals surface area contributed by atoms with E-state index < -0.39 is 0 Å². The quantitative estimate of drug-likeness (QED) is 0.173. The van der Waals surface area contributed by atoms with Crippen LogP contribution in [0.3, 0.4) is 0 Å². The third-order valence-corrected chi connectivity index (χ3v) is 5.03. The van der Waals surface area contributed by atoms with Crippen molar-refractivity contribution in [3.63, 3.8) is 0 Å². The summed E-state index contributed by atoms with van der Waals surface area (Å²) in [7, 11) is 0. The zero-order valence-electron chi connectivity index (χ0n) is 17.6. The smallest absolute Gasteiger partial charge is 0.306 e. The maximum absolute atomic E-state index is 11.7. The molecule has 0 rings (SSSR count). The van der Waals surface area contributed by atoms with Crippen molar-refractivity contribution in [3.8, 4) is 0 Å². The van der Waals surface area contributed by atoms with Crippen molar-refractivity contribution in [1.82, 2.24) is 0 Å². The minimum Gasteiger partial charge on any atom is -0.463 e. The number of ether oxygens (including phenoxy) is 1. The van der Waals surface area contributed by atoms with E-state index in [1.54, 1.807) is 0 Å². The van der Waals surface area contributed by atoms with Crippen molar-refractivity contribution in [2.45, 2.75) is 142 Å². The van der Waals surface area contributed by atoms with E-state index in [0.717, 1.165) is 19.3 Å². The first-order valence-corrected chi connectivity index (χ1v) is 11.4. The zero-order valence-corrected chi connectivity index (χ0v) is 17.6. The monoisotopic (exact) mass is 354 g/mol. The van der Waals surface area contributed by atoms with Gasteiger partial charge in [-0.25, -0.2) is 0 Å². The van der Waals surface area contributed by atoms with Gasteiger partial charge in [0.2, 0.25) is 0 Å². The van der Waals surface area contributed by atoms with Crippen molar-refractivity contribution in [1.29, 1.82) is 0 Å². The Hall–Kier alpha value is -0.530. The Bertz CT molecular complexity index is 275. The van der Waals surface area contributed by atoms with E-state index in [4.69, 9.17) is 4.74 Å². The van der Waals surface area contributed by atoms with Crippen molar-refractivity contribution in [2.24, 2.45) is 0 Å². The summed E-state index contributed by atoms with van der Waals surface area (Å²) >= 11 is 0. The molecular formula is C23H46O2. The topological polar surface area (TPSA) is 26.3 Å². The van der Waals surface area contributed by atoms with Crippen molar-refractivity contribution >= 4 is 5.97 Å². The Morgan fingerprint density at radius 2 is 1.04 bits per heavy atom. The fourth-order valence-corrected chi connectivity index (χ4v) is 3.30. The molecule has 0 N–H and O–H groups in total. The fourth-order valence-electron chi connectivity index (χ4n) is 3.30. The summed E-state index contributed by atoms with van der Waals surface area (Å²) in [4.78, 5) is 11.7. The SMILES string of the molecule is CCCCCCCCCCCCCCCCC(=O)OC(C)CCCC. The maximum Gasteiger partial charge on any atom is 0.306 e. The third kappa shape index (κ3) is 19.6. The molecule has 0 aliphatic heterocycles. The molecule has 2 heteroatoms. The summed E-state index contributed by atoms with van der Waals surface area (Å²) in [5.41, 5.74) is 0. The number of hydrogen-bond acceptors (Lipinski definition) is 2. The van der Waals surface area contributed by atoms with Gasteiger partial charge in [-0.05, 0) is 19.8 Å². The number of esters is 1. The Morgan fingerprint density at radius 3 is 1.48 bits per heavy atom. The summed E-state index contributed by atoms with van der Waals surface area (Å²) in [6.45, 7) is 6.46. The predicted octanol–water partition coefficient (Wildman–Crippen LogP) is 7.98. The first-order valence-electron chi connectivity index (χ1n) is 11.4. The van der Waals surface area contributed by atoms with Crippen LogP contribution >= 0.6 is 0 Å². The molecule has 1 atom stereocenters. The second-order valence-electron chi connectivity index (χ2n) is 7.79. The minimum atomic E-state index is 0.00235. The van der Waals surface area contributed by atoms with Gasteiger partial charge in [-0.15, -0.1) is 0 Å². The lowest BCUT2D eigenvalue weighted by Gasteiger charge is -2.12. The second kappa shape index (κ2) is 19.8. The van der Waals surface area contributed by atoms with Crippen molar-refractivity contribution in [2.75, 3.05) is 0 Å². The highest BCUT2D eigenvalue weighted by atomic mass is 16.5. The molecule has 0 radical (unpaired) electrons. The van der Waals surface area contributed by atoms with Crippen molar-refractivity contribution < 1.29 is 9.53 Å². The maximum atomic E-state index is 11.7. The number of hydrogen-bond donors (Lipinski definition) is 0. The summed E-state index contributed by atoms with van der Waals surface area (Å²) in [6.07, 6.45) is 22.9. The average molecular weight is 355 g/mol. The summed E-state index contributed by atoms with van der Waals surface area (Å²) in [6, 6.07) is 0. The molecule has 0 amide bonds. The molecule has 0 aromatic carbocycles. The molecule has 0 bridgehead atoms. The first-order chi connectivity index (χ1) is 12.2. The Balaban J connectivity index is 3.19. The van der Waals surface area contributed by atoms with Gasteiger partial charge in [0.25, 0.3) is 0 Å². The van der Waals surface area contributed by atoms with Crippen LogP contribution in [0.25, 0.3) is 0 Å². The van der Waals surface area contributed by atoms with E-state index in [1.807, 2.05) is 6.92 Å². The molecule has 0 spiro atoms. The van der Waals surface area contributed by atoms with Crippen molar-refractivity contribution in [3.05, 3.63) is 0 Å². The van der Waals surface area contributed by atoms with Gasteiger partial charge in [-0.1, -0.05) is 110 Å². The van der Waals surface area contributed by atoms with Crippen LogP contribution < -0.4 is 0 Å². The molecule has 0 saturated heterocycles. The van der Waals surface area contributed by atoms with Gasteiger partial charge >= 0.3 is 5.97 Å². The van der Waals surface area contributed by atoms with Crippen LogP contribution in [0.2, 0.25) is 0 Å². The highest BCUT2D eigenvalue weighted by Crippen LogP contribution is 2.14. The van der Waals surface area contributed by atoms with Crippen LogP contribution in [0.4, 0.5) is 0 Å². The summed E-state index contributed by atoms with van der Waals surface area (Å²) in [5.74, 6) is 0.00235. The lowest BCUT2D eigenvalue weighted by Crippen LogP contribution is -2.14. The molecule has 0 heterocycles. The van der Waals surface area contributed by atoms with E-state index in [0.29, 0.717) is 6.42 Å². The van der Waals surface area contributed by atoms with Crippen LogP contribution in [-0.4, -0.2) is 12.1 Å².